The number of anilines is 2. The van der Waals surface area contributed by atoms with Crippen LogP contribution in [0.4, 0.5) is 11.4 Å². The second-order valence-electron chi connectivity index (χ2n) is 5.27. The fourth-order valence-corrected chi connectivity index (χ4v) is 2.16. The van der Waals surface area contributed by atoms with Crippen molar-refractivity contribution in [1.29, 1.82) is 0 Å². The molecule has 2 aromatic rings. The van der Waals surface area contributed by atoms with Crippen molar-refractivity contribution in [1.82, 2.24) is 15.5 Å². The summed E-state index contributed by atoms with van der Waals surface area (Å²) in [4.78, 5) is 11.5. The van der Waals surface area contributed by atoms with Crippen molar-refractivity contribution in [3.8, 4) is 0 Å². The molecule has 1 aliphatic carbocycles. The highest BCUT2D eigenvalue weighted by molar-refractivity contribution is 5.88. The van der Waals surface area contributed by atoms with E-state index >= 15 is 0 Å². The number of carbonyl (C=O) groups is 1. The summed E-state index contributed by atoms with van der Waals surface area (Å²) in [6, 6.07) is 4.27. The number of hydrogen-bond acceptors (Lipinski definition) is 4. The predicted molar refractivity (Wildman–Crippen MR) is 79.4 cm³/mol. The monoisotopic (exact) mass is 273 g/mol. The number of carbonyl (C=O) groups excluding carboxylic acids is 1. The number of nitrogens with zero attached hydrogens (tertiary/aromatic N) is 1. The summed E-state index contributed by atoms with van der Waals surface area (Å²) < 4.78 is 0. The highest BCUT2D eigenvalue weighted by Gasteiger charge is 2.22. The van der Waals surface area contributed by atoms with Crippen molar-refractivity contribution in [2.24, 2.45) is 0 Å². The van der Waals surface area contributed by atoms with Crippen molar-refractivity contribution < 1.29 is 4.79 Å². The smallest absolute Gasteiger partial charge is 0.220 e. The first-order valence-electron chi connectivity index (χ1n) is 6.98. The zero-order chi connectivity index (χ0) is 13.9. The molecule has 0 bridgehead atoms. The number of nitrogen functional groups attached to an aromatic ring is 1. The molecule has 1 heterocycles. The van der Waals surface area contributed by atoms with Crippen molar-refractivity contribution in [2.75, 3.05) is 17.6 Å². The van der Waals surface area contributed by atoms with E-state index in [1.54, 1.807) is 6.20 Å². The van der Waals surface area contributed by atoms with E-state index in [1.165, 1.54) is 0 Å². The number of amides is 1. The van der Waals surface area contributed by atoms with Crippen LogP contribution in [-0.2, 0) is 4.79 Å². The molecular weight excluding hydrogens is 254 g/mol. The Labute approximate surface area is 117 Å². The summed E-state index contributed by atoms with van der Waals surface area (Å²) in [5, 5.41) is 14.1. The summed E-state index contributed by atoms with van der Waals surface area (Å²) in [5.41, 5.74) is 8.51. The molecule has 6 nitrogen and oxygen atoms in total. The molecule has 0 spiro atoms. The van der Waals surface area contributed by atoms with Crippen LogP contribution in [0.15, 0.2) is 18.3 Å². The summed E-state index contributed by atoms with van der Waals surface area (Å²) in [6.45, 7) is 0.724. The topological polar surface area (TPSA) is 95.8 Å². The van der Waals surface area contributed by atoms with Crippen LogP contribution in [-0.4, -0.2) is 28.7 Å². The van der Waals surface area contributed by atoms with Crippen LogP contribution in [0.3, 0.4) is 0 Å². The Kier molecular flexibility index (Phi) is 3.45. The SMILES string of the molecule is Nc1cc2cn[nH]c2cc1NCCCC(=O)NC1CC1. The molecule has 0 radical (unpaired) electrons. The van der Waals surface area contributed by atoms with Crippen LogP contribution in [0.2, 0.25) is 0 Å². The van der Waals surface area contributed by atoms with Gasteiger partial charge in [-0.15, -0.1) is 0 Å². The number of aromatic amines is 1. The number of nitrogens with two attached hydrogens (primary N) is 1. The molecule has 1 aliphatic rings. The average Bonchev–Trinajstić information content (AvgIpc) is 3.11. The first kappa shape index (κ1) is 12.8. The third-order valence-corrected chi connectivity index (χ3v) is 3.45. The number of fused-ring (bicyclic) bond motifs is 1. The van der Waals surface area contributed by atoms with Gasteiger partial charge in [-0.3, -0.25) is 9.89 Å². The van der Waals surface area contributed by atoms with Crippen molar-refractivity contribution >= 4 is 28.2 Å². The molecule has 0 atom stereocenters. The van der Waals surface area contributed by atoms with E-state index in [-0.39, 0.29) is 5.91 Å². The van der Waals surface area contributed by atoms with Gasteiger partial charge in [0.15, 0.2) is 0 Å². The Hall–Kier alpha value is -2.24. The second-order valence-corrected chi connectivity index (χ2v) is 5.27. The lowest BCUT2D eigenvalue weighted by atomic mass is 10.2. The third-order valence-electron chi connectivity index (χ3n) is 3.45. The maximum Gasteiger partial charge on any atom is 0.220 e. The lowest BCUT2D eigenvalue weighted by Crippen LogP contribution is -2.25. The quantitative estimate of drug-likeness (QED) is 0.475. The van der Waals surface area contributed by atoms with Crippen molar-refractivity contribution in [2.45, 2.75) is 31.7 Å². The minimum atomic E-state index is 0.145. The normalized spacial score (nSPS) is 14.4. The first-order chi connectivity index (χ1) is 9.72. The van der Waals surface area contributed by atoms with E-state index in [9.17, 15) is 4.79 Å². The van der Waals surface area contributed by atoms with Gasteiger partial charge in [-0.25, -0.2) is 0 Å². The number of hydrogen-bond donors (Lipinski definition) is 4. The van der Waals surface area contributed by atoms with Gasteiger partial charge < -0.3 is 16.4 Å². The molecule has 1 aromatic heterocycles. The highest BCUT2D eigenvalue weighted by Crippen LogP contribution is 2.24. The minimum absolute atomic E-state index is 0.145. The largest absolute Gasteiger partial charge is 0.397 e. The van der Waals surface area contributed by atoms with E-state index in [0.29, 0.717) is 18.2 Å². The zero-order valence-corrected chi connectivity index (χ0v) is 11.3. The predicted octanol–water partition coefficient (Wildman–Crippen LogP) is 1.62. The van der Waals surface area contributed by atoms with Gasteiger partial charge >= 0.3 is 0 Å². The highest BCUT2D eigenvalue weighted by atomic mass is 16.1. The molecule has 20 heavy (non-hydrogen) atoms. The Morgan fingerprint density at radius 2 is 2.30 bits per heavy atom. The molecule has 3 rings (SSSR count). The van der Waals surface area contributed by atoms with Crippen LogP contribution >= 0.6 is 0 Å². The number of benzene rings is 1. The molecule has 5 N–H and O–H groups in total. The summed E-state index contributed by atoms with van der Waals surface area (Å²) >= 11 is 0. The molecule has 0 aliphatic heterocycles. The number of rotatable bonds is 6. The summed E-state index contributed by atoms with van der Waals surface area (Å²) in [6.07, 6.45) is 5.35. The van der Waals surface area contributed by atoms with Gasteiger partial charge in [-0.1, -0.05) is 0 Å². The maximum absolute atomic E-state index is 11.5. The van der Waals surface area contributed by atoms with Crippen LogP contribution in [0.25, 0.3) is 10.9 Å². The second kappa shape index (κ2) is 5.40. The van der Waals surface area contributed by atoms with Gasteiger partial charge in [-0.2, -0.15) is 5.10 Å². The molecular formula is C14H19N5O. The van der Waals surface area contributed by atoms with Crippen LogP contribution < -0.4 is 16.4 Å². The van der Waals surface area contributed by atoms with Gasteiger partial charge in [-0.05, 0) is 31.4 Å². The molecule has 1 aromatic carbocycles. The van der Waals surface area contributed by atoms with Gasteiger partial charge in [0, 0.05) is 24.4 Å². The molecule has 1 amide bonds. The molecule has 1 fully saturated rings. The van der Waals surface area contributed by atoms with E-state index in [0.717, 1.165) is 42.4 Å². The number of aromatic nitrogens is 2. The van der Waals surface area contributed by atoms with Gasteiger partial charge in [0.2, 0.25) is 5.91 Å². The number of H-pyrrole nitrogens is 1. The average molecular weight is 273 g/mol. The third kappa shape index (κ3) is 3.01. The molecule has 0 unspecified atom stereocenters. The summed E-state index contributed by atoms with van der Waals surface area (Å²) in [7, 11) is 0. The fraction of sp³-hybridized carbons (Fsp3) is 0.429. The lowest BCUT2D eigenvalue weighted by molar-refractivity contribution is -0.121. The standard InChI is InChI=1S/C14H19N5O/c15-11-6-9-8-17-19-12(9)7-13(11)16-5-1-2-14(20)18-10-3-4-10/h6-8,10,16H,1-5,15H2,(H,17,19)(H,18,20). The van der Waals surface area contributed by atoms with E-state index in [1.807, 2.05) is 12.1 Å². The fourth-order valence-electron chi connectivity index (χ4n) is 2.16. The van der Waals surface area contributed by atoms with Crippen LogP contribution in [0.5, 0.6) is 0 Å². The summed E-state index contributed by atoms with van der Waals surface area (Å²) in [5.74, 6) is 0.145. The van der Waals surface area contributed by atoms with E-state index < -0.39 is 0 Å². The van der Waals surface area contributed by atoms with Crippen LogP contribution in [0, 0.1) is 0 Å². The molecule has 0 saturated heterocycles. The van der Waals surface area contributed by atoms with Crippen LogP contribution in [0.1, 0.15) is 25.7 Å². The molecule has 1 saturated carbocycles. The van der Waals surface area contributed by atoms with Crippen molar-refractivity contribution in [3.05, 3.63) is 18.3 Å². The van der Waals surface area contributed by atoms with Gasteiger partial charge in [0.25, 0.3) is 0 Å². The van der Waals surface area contributed by atoms with Crippen molar-refractivity contribution in [3.63, 3.8) is 0 Å². The van der Waals surface area contributed by atoms with Gasteiger partial charge in [0.05, 0.1) is 23.1 Å². The molecule has 6 heteroatoms. The Morgan fingerprint density at radius 1 is 1.45 bits per heavy atom. The van der Waals surface area contributed by atoms with Gasteiger partial charge in [0.1, 0.15) is 0 Å². The minimum Gasteiger partial charge on any atom is -0.397 e. The first-order valence-corrected chi connectivity index (χ1v) is 6.98. The molecule has 106 valence electrons. The van der Waals surface area contributed by atoms with E-state index in [2.05, 4.69) is 20.8 Å². The Balaban J connectivity index is 1.48. The Bertz CT molecular complexity index is 617. The zero-order valence-electron chi connectivity index (χ0n) is 11.3. The number of nitrogens with one attached hydrogen (secondary N) is 3. The van der Waals surface area contributed by atoms with E-state index in [4.69, 9.17) is 5.73 Å². The maximum atomic E-state index is 11.5. The Morgan fingerprint density at radius 3 is 3.10 bits per heavy atom. The lowest BCUT2D eigenvalue weighted by Gasteiger charge is -2.09.